The fraction of sp³-hybridized carbons (Fsp3) is 0.524. The summed E-state index contributed by atoms with van der Waals surface area (Å²) in [6, 6.07) is 4.49. The number of benzene rings is 1. The van der Waals surface area contributed by atoms with Crippen LogP contribution < -0.4 is 14.8 Å². The van der Waals surface area contributed by atoms with Crippen LogP contribution in [0.4, 0.5) is 0 Å². The van der Waals surface area contributed by atoms with Gasteiger partial charge in [-0.15, -0.1) is 0 Å². The van der Waals surface area contributed by atoms with Crippen LogP contribution >= 0.6 is 0 Å². The second-order valence-electron chi connectivity index (χ2n) is 7.49. The number of piperidine rings is 1. The van der Waals surface area contributed by atoms with Crippen LogP contribution in [0, 0.1) is 0 Å². The second kappa shape index (κ2) is 8.84. The average Bonchev–Trinajstić information content (AvgIpc) is 3.23. The quantitative estimate of drug-likeness (QED) is 0.719. The van der Waals surface area contributed by atoms with E-state index in [1.54, 1.807) is 30.4 Å². The third kappa shape index (κ3) is 4.54. The predicted octanol–water partition coefficient (Wildman–Crippen LogP) is 1.23. The Bertz CT molecular complexity index is 789. The van der Waals surface area contributed by atoms with Crippen molar-refractivity contribution in [3.05, 3.63) is 35.9 Å². The van der Waals surface area contributed by atoms with Crippen LogP contribution in [0.25, 0.3) is 0 Å². The molecule has 0 spiro atoms. The van der Waals surface area contributed by atoms with Gasteiger partial charge in [-0.25, -0.2) is 0 Å². The van der Waals surface area contributed by atoms with Crippen LogP contribution in [0.3, 0.4) is 0 Å². The van der Waals surface area contributed by atoms with Crippen molar-refractivity contribution in [1.29, 1.82) is 0 Å². The van der Waals surface area contributed by atoms with Crippen molar-refractivity contribution in [1.82, 2.24) is 10.2 Å². The standard InChI is InChI=1S/C21H26N2O6/c24-12-19-16(22-21(26)14-4-7-17-18(10-14)28-13-27-17)6-5-15(29-19)11-20(25)23-8-2-1-3-9-23/h4-7,10,15-16,19,24H,1-3,8-9,11-13H2,(H,22,26)/t15-,16+,19-/m0/s1. The number of amides is 2. The molecule has 8 heteroatoms. The summed E-state index contributed by atoms with van der Waals surface area (Å²) in [4.78, 5) is 26.9. The first-order valence-corrected chi connectivity index (χ1v) is 10.1. The van der Waals surface area contributed by atoms with Gasteiger partial charge >= 0.3 is 0 Å². The molecule has 0 saturated carbocycles. The highest BCUT2D eigenvalue weighted by molar-refractivity contribution is 5.95. The molecule has 1 fully saturated rings. The number of nitrogens with zero attached hydrogens (tertiary/aromatic N) is 1. The van der Waals surface area contributed by atoms with Crippen molar-refractivity contribution in [3.8, 4) is 11.5 Å². The smallest absolute Gasteiger partial charge is 0.251 e. The molecular formula is C21H26N2O6. The summed E-state index contributed by atoms with van der Waals surface area (Å²) in [7, 11) is 0. The molecule has 2 N–H and O–H groups in total. The highest BCUT2D eigenvalue weighted by Gasteiger charge is 2.30. The van der Waals surface area contributed by atoms with Crippen molar-refractivity contribution in [2.24, 2.45) is 0 Å². The van der Waals surface area contributed by atoms with Crippen LogP contribution in [0.1, 0.15) is 36.0 Å². The van der Waals surface area contributed by atoms with Crippen LogP contribution in [-0.2, 0) is 9.53 Å². The monoisotopic (exact) mass is 402 g/mol. The number of ether oxygens (including phenoxy) is 3. The number of carbonyl (C=O) groups is 2. The van der Waals surface area contributed by atoms with Crippen LogP contribution in [0.5, 0.6) is 11.5 Å². The number of hydrogen-bond acceptors (Lipinski definition) is 6. The minimum absolute atomic E-state index is 0.0684. The number of hydrogen-bond donors (Lipinski definition) is 2. The molecule has 3 aliphatic heterocycles. The van der Waals surface area contributed by atoms with Crippen LogP contribution in [0.2, 0.25) is 0 Å². The lowest BCUT2D eigenvalue weighted by molar-refractivity contribution is -0.136. The number of nitrogens with one attached hydrogen (secondary N) is 1. The van der Waals surface area contributed by atoms with Gasteiger partial charge in [0.1, 0.15) is 6.10 Å². The highest BCUT2D eigenvalue weighted by atomic mass is 16.7. The lowest BCUT2D eigenvalue weighted by Crippen LogP contribution is -2.49. The fourth-order valence-corrected chi connectivity index (χ4v) is 3.85. The van der Waals surface area contributed by atoms with Gasteiger partial charge in [0.05, 0.1) is 25.2 Å². The van der Waals surface area contributed by atoms with E-state index in [1.807, 2.05) is 4.90 Å². The molecule has 0 aromatic heterocycles. The van der Waals surface area contributed by atoms with E-state index in [0.29, 0.717) is 17.1 Å². The van der Waals surface area contributed by atoms with Crippen molar-refractivity contribution in [2.45, 2.75) is 43.9 Å². The van der Waals surface area contributed by atoms with Crippen LogP contribution in [0.15, 0.2) is 30.4 Å². The van der Waals surface area contributed by atoms with Gasteiger partial charge < -0.3 is 29.5 Å². The Morgan fingerprint density at radius 2 is 1.90 bits per heavy atom. The van der Waals surface area contributed by atoms with E-state index in [2.05, 4.69) is 5.32 Å². The van der Waals surface area contributed by atoms with E-state index < -0.39 is 18.2 Å². The number of likely N-dealkylation sites (tertiary alicyclic amines) is 1. The van der Waals surface area contributed by atoms with E-state index in [4.69, 9.17) is 14.2 Å². The molecule has 0 bridgehead atoms. The van der Waals surface area contributed by atoms with E-state index in [-0.39, 0.29) is 31.6 Å². The van der Waals surface area contributed by atoms with Gasteiger partial charge in [0.25, 0.3) is 5.91 Å². The summed E-state index contributed by atoms with van der Waals surface area (Å²) in [6.07, 6.45) is 6.07. The Kier molecular flexibility index (Phi) is 6.01. The maximum absolute atomic E-state index is 12.6. The number of rotatable bonds is 5. The highest BCUT2D eigenvalue weighted by Crippen LogP contribution is 2.32. The molecule has 0 aliphatic carbocycles. The van der Waals surface area contributed by atoms with E-state index >= 15 is 0 Å². The Morgan fingerprint density at radius 3 is 2.69 bits per heavy atom. The van der Waals surface area contributed by atoms with Crippen molar-refractivity contribution in [2.75, 3.05) is 26.5 Å². The summed E-state index contributed by atoms with van der Waals surface area (Å²) in [5, 5.41) is 12.6. The lowest BCUT2D eigenvalue weighted by Gasteiger charge is -2.33. The van der Waals surface area contributed by atoms with Gasteiger partial charge in [0.15, 0.2) is 11.5 Å². The number of aliphatic hydroxyl groups is 1. The number of aliphatic hydroxyl groups excluding tert-OH is 1. The average molecular weight is 402 g/mol. The van der Waals surface area contributed by atoms with Gasteiger partial charge in [-0.05, 0) is 37.5 Å². The fourth-order valence-electron chi connectivity index (χ4n) is 3.85. The zero-order valence-corrected chi connectivity index (χ0v) is 16.2. The Labute approximate surface area is 169 Å². The lowest BCUT2D eigenvalue weighted by atomic mass is 10.0. The topological polar surface area (TPSA) is 97.3 Å². The zero-order chi connectivity index (χ0) is 20.2. The maximum Gasteiger partial charge on any atom is 0.251 e. The molecular weight excluding hydrogens is 376 g/mol. The molecule has 0 radical (unpaired) electrons. The molecule has 29 heavy (non-hydrogen) atoms. The number of carbonyl (C=O) groups excluding carboxylic acids is 2. The largest absolute Gasteiger partial charge is 0.454 e. The third-order valence-electron chi connectivity index (χ3n) is 5.48. The summed E-state index contributed by atoms with van der Waals surface area (Å²) in [5.41, 5.74) is 0.432. The Balaban J connectivity index is 1.36. The van der Waals surface area contributed by atoms with Gasteiger partial charge in [-0.2, -0.15) is 0 Å². The van der Waals surface area contributed by atoms with Crippen molar-refractivity contribution >= 4 is 11.8 Å². The third-order valence-corrected chi connectivity index (χ3v) is 5.48. The Morgan fingerprint density at radius 1 is 1.10 bits per heavy atom. The molecule has 4 rings (SSSR count). The molecule has 1 aromatic carbocycles. The minimum Gasteiger partial charge on any atom is -0.454 e. The van der Waals surface area contributed by atoms with Crippen molar-refractivity contribution < 1.29 is 28.9 Å². The van der Waals surface area contributed by atoms with Crippen molar-refractivity contribution in [3.63, 3.8) is 0 Å². The molecule has 3 aliphatic rings. The van der Waals surface area contributed by atoms with Gasteiger partial charge in [0.2, 0.25) is 12.7 Å². The predicted molar refractivity (Wildman–Crippen MR) is 104 cm³/mol. The van der Waals surface area contributed by atoms with Crippen LogP contribution in [-0.4, -0.2) is 66.6 Å². The molecule has 3 atom stereocenters. The normalized spacial score (nSPS) is 25.7. The van der Waals surface area contributed by atoms with E-state index in [9.17, 15) is 14.7 Å². The molecule has 0 unspecified atom stereocenters. The molecule has 2 amide bonds. The molecule has 1 aromatic rings. The number of fused-ring (bicyclic) bond motifs is 1. The first kappa shape index (κ1) is 19.7. The molecule has 3 heterocycles. The minimum atomic E-state index is -0.614. The van der Waals surface area contributed by atoms with E-state index in [1.165, 1.54) is 6.42 Å². The summed E-state index contributed by atoms with van der Waals surface area (Å²) in [5.74, 6) is 0.904. The molecule has 8 nitrogen and oxygen atoms in total. The van der Waals surface area contributed by atoms with Gasteiger partial charge in [-0.1, -0.05) is 12.2 Å². The Hall–Kier alpha value is -2.58. The van der Waals surface area contributed by atoms with Gasteiger partial charge in [0, 0.05) is 18.7 Å². The first-order chi connectivity index (χ1) is 14.1. The molecule has 156 valence electrons. The van der Waals surface area contributed by atoms with E-state index in [0.717, 1.165) is 25.9 Å². The summed E-state index contributed by atoms with van der Waals surface area (Å²) >= 11 is 0. The summed E-state index contributed by atoms with van der Waals surface area (Å²) in [6.45, 7) is 1.48. The maximum atomic E-state index is 12.6. The summed E-state index contributed by atoms with van der Waals surface area (Å²) < 4.78 is 16.4. The van der Waals surface area contributed by atoms with Gasteiger partial charge in [-0.3, -0.25) is 9.59 Å². The SMILES string of the molecule is O=C(N[C@@H]1C=C[C@@H](CC(=O)N2CCCCC2)O[C@H]1CO)c1ccc2c(c1)OCO2. The molecule has 1 saturated heterocycles. The second-order valence-corrected chi connectivity index (χ2v) is 7.49. The zero-order valence-electron chi connectivity index (χ0n) is 16.2. The first-order valence-electron chi connectivity index (χ1n) is 10.1.